The highest BCUT2D eigenvalue weighted by molar-refractivity contribution is 14.1. The molecule has 3 amide bonds. The van der Waals surface area contributed by atoms with Crippen molar-refractivity contribution in [3.63, 3.8) is 0 Å². The van der Waals surface area contributed by atoms with E-state index in [-0.39, 0.29) is 12.5 Å². The molecule has 0 fully saturated rings. The van der Waals surface area contributed by atoms with E-state index in [1.54, 1.807) is 36.4 Å². The molecule has 10 nitrogen and oxygen atoms in total. The molecule has 3 rings (SSSR count). The van der Waals surface area contributed by atoms with Crippen LogP contribution < -0.4 is 30.3 Å². The summed E-state index contributed by atoms with van der Waals surface area (Å²) in [4.78, 5) is 36.6. The molecule has 0 spiro atoms. The maximum absolute atomic E-state index is 12.3. The molecule has 3 aromatic rings. The Hall–Kier alpha value is -4.13. The lowest BCUT2D eigenvalue weighted by Gasteiger charge is -2.13. The summed E-state index contributed by atoms with van der Waals surface area (Å²) in [6.07, 6.45) is 2.25. The molecule has 204 valence electrons. The van der Waals surface area contributed by atoms with Gasteiger partial charge >= 0.3 is 11.8 Å². The van der Waals surface area contributed by atoms with Crippen LogP contribution >= 0.6 is 22.6 Å². The molecular weight excluding hydrogens is 615 g/mol. The Labute approximate surface area is 240 Å². The Morgan fingerprint density at radius 2 is 1.59 bits per heavy atom. The Morgan fingerprint density at radius 3 is 2.26 bits per heavy atom. The topological polar surface area (TPSA) is 127 Å². The number of ether oxygens (including phenoxy) is 3. The molecule has 11 heteroatoms. The van der Waals surface area contributed by atoms with Crippen LogP contribution in [0.15, 0.2) is 65.8 Å². The van der Waals surface area contributed by atoms with Crippen molar-refractivity contribution in [2.24, 2.45) is 5.10 Å². The van der Waals surface area contributed by atoms with Crippen LogP contribution in [0.1, 0.15) is 24.5 Å². The van der Waals surface area contributed by atoms with Gasteiger partial charge in [0.25, 0.3) is 5.91 Å². The molecule has 0 aromatic heterocycles. The normalized spacial score (nSPS) is 10.6. The predicted octanol–water partition coefficient (Wildman–Crippen LogP) is 4.50. The molecule has 39 heavy (non-hydrogen) atoms. The molecule has 3 aromatic carbocycles. The average Bonchev–Trinajstić information content (AvgIpc) is 2.93. The number of rotatable bonds is 11. The van der Waals surface area contributed by atoms with Crippen LogP contribution in [0.2, 0.25) is 0 Å². The molecule has 0 saturated carbocycles. The number of hydrogen-bond donors (Lipinski definition) is 3. The minimum absolute atomic E-state index is 0.215. The van der Waals surface area contributed by atoms with Crippen molar-refractivity contribution in [1.82, 2.24) is 5.43 Å². The number of aryl methyl sites for hydroxylation is 1. The Morgan fingerprint density at radius 1 is 0.923 bits per heavy atom. The van der Waals surface area contributed by atoms with Gasteiger partial charge in [-0.25, -0.2) is 5.43 Å². The monoisotopic (exact) mass is 644 g/mol. The molecular formula is C28H29IN4O6. The van der Waals surface area contributed by atoms with E-state index in [1.807, 2.05) is 60.7 Å². The smallest absolute Gasteiger partial charge is 0.329 e. The second kappa shape index (κ2) is 14.7. The molecule has 0 aliphatic carbocycles. The minimum Gasteiger partial charge on any atom is -0.494 e. The fourth-order valence-electron chi connectivity index (χ4n) is 3.18. The highest BCUT2D eigenvalue weighted by Crippen LogP contribution is 2.33. The fourth-order valence-corrected chi connectivity index (χ4v) is 3.97. The summed E-state index contributed by atoms with van der Waals surface area (Å²) < 4.78 is 17.3. The maximum atomic E-state index is 12.3. The van der Waals surface area contributed by atoms with Gasteiger partial charge in [-0.3, -0.25) is 14.4 Å². The quantitative estimate of drug-likeness (QED) is 0.122. The van der Waals surface area contributed by atoms with E-state index in [0.717, 1.165) is 12.0 Å². The first-order chi connectivity index (χ1) is 18.8. The number of amides is 3. The van der Waals surface area contributed by atoms with Gasteiger partial charge in [-0.1, -0.05) is 24.6 Å². The molecule has 3 N–H and O–H groups in total. The van der Waals surface area contributed by atoms with Crippen LogP contribution in [0, 0.1) is 10.5 Å². The maximum Gasteiger partial charge on any atom is 0.329 e. The van der Waals surface area contributed by atoms with Crippen LogP contribution in [0.4, 0.5) is 11.4 Å². The number of carbonyl (C=O) groups is 3. The van der Waals surface area contributed by atoms with Crippen molar-refractivity contribution < 1.29 is 28.6 Å². The van der Waals surface area contributed by atoms with E-state index < -0.39 is 11.8 Å². The lowest BCUT2D eigenvalue weighted by Crippen LogP contribution is -2.32. The van der Waals surface area contributed by atoms with E-state index in [2.05, 4.69) is 21.2 Å². The van der Waals surface area contributed by atoms with E-state index in [4.69, 9.17) is 14.2 Å². The second-order valence-corrected chi connectivity index (χ2v) is 9.43. The summed E-state index contributed by atoms with van der Waals surface area (Å²) in [5.41, 5.74) is 4.99. The molecule has 0 unspecified atom stereocenters. The number of nitrogens with zero attached hydrogens (tertiary/aromatic N) is 1. The highest BCUT2D eigenvalue weighted by atomic mass is 127. The lowest BCUT2D eigenvalue weighted by molar-refractivity contribution is -0.136. The first-order valence-electron chi connectivity index (χ1n) is 12.0. The zero-order valence-electron chi connectivity index (χ0n) is 21.7. The molecule has 0 aliphatic heterocycles. The van der Waals surface area contributed by atoms with Gasteiger partial charge in [0.15, 0.2) is 18.1 Å². The highest BCUT2D eigenvalue weighted by Gasteiger charge is 2.15. The number of benzene rings is 3. The summed E-state index contributed by atoms with van der Waals surface area (Å²) in [6.45, 7) is 4.35. The zero-order chi connectivity index (χ0) is 28.2. The molecule has 0 bridgehead atoms. The van der Waals surface area contributed by atoms with E-state index in [1.165, 1.54) is 13.3 Å². The fraction of sp³-hybridized carbons (Fsp3) is 0.214. The van der Waals surface area contributed by atoms with Crippen LogP contribution in [-0.4, -0.2) is 44.3 Å². The number of halogens is 1. The third kappa shape index (κ3) is 9.28. The van der Waals surface area contributed by atoms with E-state index in [0.29, 0.717) is 44.4 Å². The van der Waals surface area contributed by atoms with Gasteiger partial charge < -0.3 is 24.8 Å². The predicted molar refractivity (Wildman–Crippen MR) is 158 cm³/mol. The van der Waals surface area contributed by atoms with Crippen molar-refractivity contribution >= 4 is 57.9 Å². The summed E-state index contributed by atoms with van der Waals surface area (Å²) in [6, 6.07) is 17.5. The van der Waals surface area contributed by atoms with Crippen LogP contribution in [0.25, 0.3) is 0 Å². The number of hydrazone groups is 1. The largest absolute Gasteiger partial charge is 0.494 e. The molecule has 0 saturated heterocycles. The van der Waals surface area contributed by atoms with Crippen molar-refractivity contribution in [2.45, 2.75) is 20.3 Å². The average molecular weight is 644 g/mol. The summed E-state index contributed by atoms with van der Waals surface area (Å²) in [7, 11) is 1.47. The summed E-state index contributed by atoms with van der Waals surface area (Å²) in [5, 5.41) is 9.13. The van der Waals surface area contributed by atoms with Crippen molar-refractivity contribution in [3.05, 3.63) is 75.4 Å². The third-order valence-electron chi connectivity index (χ3n) is 5.11. The van der Waals surface area contributed by atoms with Gasteiger partial charge in [0.2, 0.25) is 0 Å². The number of methoxy groups -OCH3 is 1. The summed E-state index contributed by atoms with van der Waals surface area (Å²) in [5.74, 6) is -0.668. The lowest BCUT2D eigenvalue weighted by atomic mass is 10.2. The first-order valence-corrected chi connectivity index (χ1v) is 13.1. The van der Waals surface area contributed by atoms with E-state index >= 15 is 0 Å². The molecule has 0 aliphatic rings. The SMILES string of the molecule is CCCOc1ccc(NC(=O)C(=O)N/N=C\c2cc(I)c(OCC(=O)Nc3ccc(C)cc3)c(OC)c2)cc1. The second-order valence-electron chi connectivity index (χ2n) is 8.26. The number of anilines is 2. The van der Waals surface area contributed by atoms with Crippen LogP contribution in [0.3, 0.4) is 0 Å². The Bertz CT molecular complexity index is 1330. The number of hydrogen-bond acceptors (Lipinski definition) is 7. The van der Waals surface area contributed by atoms with Crippen LogP contribution in [0.5, 0.6) is 17.2 Å². The molecule has 0 atom stereocenters. The Balaban J connectivity index is 1.53. The zero-order valence-corrected chi connectivity index (χ0v) is 23.9. The number of nitrogens with one attached hydrogen (secondary N) is 3. The summed E-state index contributed by atoms with van der Waals surface area (Å²) >= 11 is 2.05. The number of carbonyl (C=O) groups excluding carboxylic acids is 3. The van der Waals surface area contributed by atoms with Crippen LogP contribution in [-0.2, 0) is 14.4 Å². The minimum atomic E-state index is -0.932. The third-order valence-corrected chi connectivity index (χ3v) is 5.91. The van der Waals surface area contributed by atoms with Gasteiger partial charge in [-0.2, -0.15) is 5.10 Å². The van der Waals surface area contributed by atoms with Gasteiger partial charge in [0.1, 0.15) is 5.75 Å². The van der Waals surface area contributed by atoms with Crippen molar-refractivity contribution in [2.75, 3.05) is 31.0 Å². The van der Waals surface area contributed by atoms with Gasteiger partial charge in [0, 0.05) is 11.4 Å². The Kier molecular flexibility index (Phi) is 11.1. The first kappa shape index (κ1) is 29.4. The standard InChI is InChI=1S/C28H29IN4O6/c1-4-13-38-22-11-9-21(10-12-22)32-27(35)28(36)33-30-16-19-14-23(29)26(24(15-19)37-3)39-17-25(34)31-20-7-5-18(2)6-8-20/h5-12,14-16H,4,13,17H2,1-3H3,(H,31,34)(H,32,35)(H,33,36)/b30-16-. The van der Waals surface area contributed by atoms with Crippen molar-refractivity contribution in [1.29, 1.82) is 0 Å². The van der Waals surface area contributed by atoms with Gasteiger partial charge in [-0.05, 0) is 90.0 Å². The van der Waals surface area contributed by atoms with Gasteiger partial charge in [-0.15, -0.1) is 0 Å². The molecule has 0 radical (unpaired) electrons. The molecule has 0 heterocycles. The van der Waals surface area contributed by atoms with Crippen molar-refractivity contribution in [3.8, 4) is 17.2 Å². The van der Waals surface area contributed by atoms with Gasteiger partial charge in [0.05, 0.1) is 23.5 Å². The van der Waals surface area contributed by atoms with E-state index in [9.17, 15) is 14.4 Å².